The molecule has 5 aromatic carbocycles. The van der Waals surface area contributed by atoms with E-state index in [4.69, 9.17) is 4.42 Å². The van der Waals surface area contributed by atoms with Gasteiger partial charge in [0.1, 0.15) is 18.2 Å². The van der Waals surface area contributed by atoms with Crippen molar-refractivity contribution in [2.45, 2.75) is 6.92 Å². The van der Waals surface area contributed by atoms with Crippen LogP contribution in [0.25, 0.3) is 65.2 Å². The monoisotopic (exact) mass is 398 g/mol. The summed E-state index contributed by atoms with van der Waals surface area (Å²) in [6, 6.07) is 28.4. The molecular weight excluding hydrogens is 378 g/mol. The number of pyridine rings is 1. The predicted octanol–water partition coefficient (Wildman–Crippen LogP) is 7.33. The highest BCUT2D eigenvalue weighted by Gasteiger charge is 2.19. The van der Waals surface area contributed by atoms with Crippen LogP contribution in [0.4, 0.5) is 0 Å². The second-order valence-corrected chi connectivity index (χ2v) is 8.54. The average molecular weight is 398 g/mol. The summed E-state index contributed by atoms with van der Waals surface area (Å²) in [7, 11) is 2.14. The molecule has 0 bridgehead atoms. The van der Waals surface area contributed by atoms with Crippen LogP contribution >= 0.6 is 0 Å². The Balaban J connectivity index is 1.78. The lowest BCUT2D eigenvalue weighted by molar-refractivity contribution is -0.644. The molecule has 7 aromatic rings. The number of furan rings is 1. The number of rotatable bonds is 0. The summed E-state index contributed by atoms with van der Waals surface area (Å²) in [4.78, 5) is 0. The number of benzene rings is 5. The van der Waals surface area contributed by atoms with Crippen LogP contribution in [0.1, 0.15) is 5.56 Å². The normalized spacial score (nSPS) is 12.2. The first kappa shape index (κ1) is 16.8. The highest BCUT2D eigenvalue weighted by molar-refractivity contribution is 6.28. The Morgan fingerprint density at radius 3 is 2.39 bits per heavy atom. The van der Waals surface area contributed by atoms with Crippen molar-refractivity contribution in [2.75, 3.05) is 0 Å². The highest BCUT2D eigenvalue weighted by atomic mass is 16.3. The van der Waals surface area contributed by atoms with Crippen molar-refractivity contribution in [1.29, 1.82) is 0 Å². The molecule has 2 heterocycles. The van der Waals surface area contributed by atoms with E-state index in [-0.39, 0.29) is 0 Å². The molecule has 0 aliphatic heterocycles. The van der Waals surface area contributed by atoms with Gasteiger partial charge in [-0.05, 0) is 58.3 Å². The molecule has 0 saturated heterocycles. The molecule has 2 nitrogen and oxygen atoms in total. The molecule has 7 rings (SSSR count). The topological polar surface area (TPSA) is 17.0 Å². The summed E-state index contributed by atoms with van der Waals surface area (Å²) in [5, 5.41) is 11.1. The molecule has 2 aromatic heterocycles. The SMILES string of the molecule is Cc1cccc2c3cc4oc5c6ccccc6ccc5c4cc3c3ccc[n+](C)c3c12. The Hall–Kier alpha value is -3.91. The number of hydrogen-bond donors (Lipinski definition) is 0. The maximum absolute atomic E-state index is 6.48. The van der Waals surface area contributed by atoms with Gasteiger partial charge in [0.2, 0.25) is 5.52 Å². The minimum absolute atomic E-state index is 0.946. The number of fused-ring (bicyclic) bond motifs is 11. The van der Waals surface area contributed by atoms with Crippen LogP contribution < -0.4 is 4.57 Å². The molecule has 2 heteroatoms. The molecule has 0 atom stereocenters. The Bertz CT molecular complexity index is 1860. The van der Waals surface area contributed by atoms with E-state index in [0.717, 1.165) is 16.6 Å². The number of aromatic nitrogens is 1. The van der Waals surface area contributed by atoms with Crippen molar-refractivity contribution in [2.24, 2.45) is 7.05 Å². The van der Waals surface area contributed by atoms with Gasteiger partial charge >= 0.3 is 0 Å². The molecule has 0 fully saturated rings. The quantitative estimate of drug-likeness (QED) is 0.193. The molecule has 0 radical (unpaired) electrons. The summed E-state index contributed by atoms with van der Waals surface area (Å²) in [6.07, 6.45) is 2.14. The van der Waals surface area contributed by atoms with Crippen molar-refractivity contribution in [3.63, 3.8) is 0 Å². The van der Waals surface area contributed by atoms with Crippen LogP contribution in [0.2, 0.25) is 0 Å². The van der Waals surface area contributed by atoms with E-state index in [1.165, 1.54) is 54.2 Å². The summed E-state index contributed by atoms with van der Waals surface area (Å²) in [5.74, 6) is 0. The van der Waals surface area contributed by atoms with E-state index in [0.29, 0.717) is 0 Å². The van der Waals surface area contributed by atoms with E-state index < -0.39 is 0 Å². The van der Waals surface area contributed by atoms with Gasteiger partial charge in [-0.25, -0.2) is 4.57 Å². The molecule has 146 valence electrons. The predicted molar refractivity (Wildman–Crippen MR) is 130 cm³/mol. The van der Waals surface area contributed by atoms with Crippen molar-refractivity contribution >= 4 is 65.2 Å². The minimum atomic E-state index is 0.946. The maximum atomic E-state index is 6.48. The standard InChI is InChI=1S/C29H20NO/c1-17-7-5-10-20-24-16-26-25(15-23(24)21-11-6-14-30(2)28(21)27(17)20)22-13-12-18-8-3-4-9-19(18)29(22)31-26/h3-16H,1-2H3/q+1. The fourth-order valence-corrected chi connectivity index (χ4v) is 5.34. The van der Waals surface area contributed by atoms with Crippen LogP contribution in [0.5, 0.6) is 0 Å². The lowest BCUT2D eigenvalue weighted by atomic mass is 9.93. The first-order chi connectivity index (χ1) is 15.2. The zero-order valence-corrected chi connectivity index (χ0v) is 17.4. The molecule has 0 amide bonds. The summed E-state index contributed by atoms with van der Waals surface area (Å²) >= 11 is 0. The summed E-state index contributed by atoms with van der Waals surface area (Å²) < 4.78 is 8.73. The second kappa shape index (κ2) is 5.83. The highest BCUT2D eigenvalue weighted by Crippen LogP contribution is 2.41. The largest absolute Gasteiger partial charge is 0.455 e. The van der Waals surface area contributed by atoms with Gasteiger partial charge in [-0.2, -0.15) is 0 Å². The number of aryl methyl sites for hydroxylation is 2. The third kappa shape index (κ3) is 2.14. The molecule has 0 N–H and O–H groups in total. The number of nitrogens with zero attached hydrogens (tertiary/aromatic N) is 1. The first-order valence-electron chi connectivity index (χ1n) is 10.7. The van der Waals surface area contributed by atoms with Crippen molar-refractivity contribution in [1.82, 2.24) is 0 Å². The fourth-order valence-electron chi connectivity index (χ4n) is 5.34. The Morgan fingerprint density at radius 2 is 1.45 bits per heavy atom. The molecule has 0 aliphatic carbocycles. The van der Waals surface area contributed by atoms with E-state index >= 15 is 0 Å². The van der Waals surface area contributed by atoms with Crippen LogP contribution in [-0.4, -0.2) is 0 Å². The molecule has 0 spiro atoms. The van der Waals surface area contributed by atoms with Gasteiger partial charge in [-0.1, -0.05) is 48.5 Å². The Kier molecular flexibility index (Phi) is 3.17. The number of hydrogen-bond acceptors (Lipinski definition) is 1. The van der Waals surface area contributed by atoms with Gasteiger partial charge in [-0.15, -0.1) is 0 Å². The first-order valence-corrected chi connectivity index (χ1v) is 10.7. The zero-order chi connectivity index (χ0) is 20.7. The average Bonchev–Trinajstić information content (AvgIpc) is 3.16. The van der Waals surface area contributed by atoms with Crippen LogP contribution in [0, 0.1) is 6.92 Å². The van der Waals surface area contributed by atoms with E-state index in [9.17, 15) is 0 Å². The van der Waals surface area contributed by atoms with Gasteiger partial charge < -0.3 is 4.42 Å². The van der Waals surface area contributed by atoms with Crippen LogP contribution in [-0.2, 0) is 7.05 Å². The summed E-state index contributed by atoms with van der Waals surface area (Å²) in [5.41, 5.74) is 4.49. The van der Waals surface area contributed by atoms with E-state index in [1.807, 2.05) is 0 Å². The fraction of sp³-hybridized carbons (Fsp3) is 0.0690. The van der Waals surface area contributed by atoms with Gasteiger partial charge in [0, 0.05) is 22.2 Å². The van der Waals surface area contributed by atoms with Gasteiger partial charge in [0.05, 0.1) is 10.8 Å². The molecule has 0 saturated carbocycles. The summed E-state index contributed by atoms with van der Waals surface area (Å²) in [6.45, 7) is 2.20. The van der Waals surface area contributed by atoms with Gasteiger partial charge in [-0.3, -0.25) is 0 Å². The van der Waals surface area contributed by atoms with Crippen molar-refractivity contribution in [3.8, 4) is 0 Å². The zero-order valence-electron chi connectivity index (χ0n) is 17.4. The third-order valence-electron chi connectivity index (χ3n) is 6.77. The minimum Gasteiger partial charge on any atom is -0.455 e. The smallest absolute Gasteiger partial charge is 0.221 e. The van der Waals surface area contributed by atoms with E-state index in [2.05, 4.69) is 104 Å². The van der Waals surface area contributed by atoms with Crippen molar-refractivity contribution < 1.29 is 8.98 Å². The maximum Gasteiger partial charge on any atom is 0.221 e. The van der Waals surface area contributed by atoms with E-state index in [1.54, 1.807) is 0 Å². The lowest BCUT2D eigenvalue weighted by Crippen LogP contribution is -2.28. The molecular formula is C29H20NO+. The van der Waals surface area contributed by atoms with Crippen molar-refractivity contribution in [3.05, 3.63) is 90.6 Å². The second-order valence-electron chi connectivity index (χ2n) is 8.54. The van der Waals surface area contributed by atoms with Crippen LogP contribution in [0.3, 0.4) is 0 Å². The van der Waals surface area contributed by atoms with Gasteiger partial charge in [0.25, 0.3) is 0 Å². The Labute approximate surface area is 178 Å². The third-order valence-corrected chi connectivity index (χ3v) is 6.77. The Morgan fingerprint density at radius 1 is 0.645 bits per heavy atom. The molecule has 0 unspecified atom stereocenters. The van der Waals surface area contributed by atoms with Crippen LogP contribution in [0.15, 0.2) is 89.5 Å². The molecule has 0 aliphatic rings. The lowest BCUT2D eigenvalue weighted by Gasteiger charge is -2.10. The molecule has 31 heavy (non-hydrogen) atoms. The van der Waals surface area contributed by atoms with Gasteiger partial charge in [0.15, 0.2) is 6.20 Å².